The van der Waals surface area contributed by atoms with E-state index in [1.807, 2.05) is 34.6 Å². The van der Waals surface area contributed by atoms with Crippen molar-refractivity contribution in [1.82, 2.24) is 4.31 Å². The van der Waals surface area contributed by atoms with Crippen LogP contribution in [0.1, 0.15) is 116 Å². The number of sulfonamides is 1. The zero-order valence-electron chi connectivity index (χ0n) is 24.5. The highest BCUT2D eigenvalue weighted by Crippen LogP contribution is 2.73. The molecule has 1 aromatic carbocycles. The van der Waals surface area contributed by atoms with E-state index in [1.54, 1.807) is 0 Å². The molecule has 4 aliphatic carbocycles. The van der Waals surface area contributed by atoms with Crippen molar-refractivity contribution in [3.8, 4) is 0 Å². The maximum absolute atomic E-state index is 14.7. The first-order valence-electron chi connectivity index (χ1n) is 15.3. The van der Waals surface area contributed by atoms with E-state index in [9.17, 15) is 13.2 Å². The summed E-state index contributed by atoms with van der Waals surface area (Å²) in [5, 5.41) is 0. The molecule has 39 heavy (non-hydrogen) atoms. The molecule has 0 unspecified atom stereocenters. The second kappa shape index (κ2) is 11.1. The van der Waals surface area contributed by atoms with Crippen molar-refractivity contribution in [2.45, 2.75) is 129 Å². The number of fused-ring (bicyclic) bond motifs is 2. The summed E-state index contributed by atoms with van der Waals surface area (Å²) in [6.45, 7) is 6.71. The average molecular weight is 560 g/mol. The number of carbonyl (C=O) groups is 1. The van der Waals surface area contributed by atoms with Crippen LogP contribution in [0.15, 0.2) is 30.3 Å². The van der Waals surface area contributed by atoms with Gasteiger partial charge in [-0.05, 0) is 61.3 Å². The number of hydrogen-bond acceptors (Lipinski definition) is 5. The monoisotopic (exact) mass is 559 g/mol. The molecule has 0 amide bonds. The topological polar surface area (TPSA) is 72.9 Å². The van der Waals surface area contributed by atoms with Gasteiger partial charge < -0.3 is 9.47 Å². The molecule has 4 aliphatic rings. The van der Waals surface area contributed by atoms with Crippen LogP contribution >= 0.6 is 0 Å². The molecule has 0 aromatic heterocycles. The van der Waals surface area contributed by atoms with Gasteiger partial charge >= 0.3 is 5.97 Å². The maximum Gasteiger partial charge on any atom is 0.340 e. The average Bonchev–Trinajstić information content (AvgIpc) is 3.20. The number of nitrogens with zero attached hydrogens (tertiary/aromatic N) is 1. The second-order valence-corrected chi connectivity index (χ2v) is 15.5. The van der Waals surface area contributed by atoms with Crippen LogP contribution in [0.3, 0.4) is 0 Å². The zero-order chi connectivity index (χ0) is 27.9. The van der Waals surface area contributed by atoms with Crippen molar-refractivity contribution in [2.24, 2.45) is 16.2 Å². The smallest absolute Gasteiger partial charge is 0.340 e. The SMILES string of the molecule is CO[C@@H](C(=O)O[C@@H]1C[C@@]2(C)CC[C@]1(CS(=O)(=O)N(C1CCCCC1)C1CCCCC1)C2(C)C)c1ccccc1. The number of esters is 1. The van der Waals surface area contributed by atoms with Crippen LogP contribution in [0.2, 0.25) is 0 Å². The predicted octanol–water partition coefficient (Wildman–Crippen LogP) is 6.80. The number of hydrogen-bond donors (Lipinski definition) is 0. The van der Waals surface area contributed by atoms with Gasteiger partial charge in [-0.2, -0.15) is 4.31 Å². The Hall–Kier alpha value is -1.44. The minimum atomic E-state index is -3.58. The van der Waals surface area contributed by atoms with Crippen LogP contribution in [0.25, 0.3) is 0 Å². The van der Waals surface area contributed by atoms with Crippen molar-refractivity contribution in [2.75, 3.05) is 12.9 Å². The quantitative estimate of drug-likeness (QED) is 0.311. The third-order valence-corrected chi connectivity index (χ3v) is 13.7. The first kappa shape index (κ1) is 29.1. The highest BCUT2D eigenvalue weighted by molar-refractivity contribution is 7.89. The zero-order valence-corrected chi connectivity index (χ0v) is 25.3. The summed E-state index contributed by atoms with van der Waals surface area (Å²) in [5.41, 5.74) is -0.227. The Bertz CT molecular complexity index is 1090. The Balaban J connectivity index is 1.46. The largest absolute Gasteiger partial charge is 0.460 e. The number of methoxy groups -OCH3 is 1. The lowest BCUT2D eigenvalue weighted by Gasteiger charge is -2.46. The Morgan fingerprint density at radius 2 is 1.49 bits per heavy atom. The highest BCUT2D eigenvalue weighted by atomic mass is 32.2. The van der Waals surface area contributed by atoms with Crippen LogP contribution in [0.4, 0.5) is 0 Å². The van der Waals surface area contributed by atoms with E-state index in [1.165, 1.54) is 20.0 Å². The number of rotatable bonds is 9. The van der Waals surface area contributed by atoms with E-state index in [0.29, 0.717) is 6.42 Å². The van der Waals surface area contributed by atoms with E-state index >= 15 is 0 Å². The summed E-state index contributed by atoms with van der Waals surface area (Å²) in [7, 11) is -2.06. The molecule has 7 heteroatoms. The van der Waals surface area contributed by atoms with Gasteiger partial charge in [0.2, 0.25) is 10.0 Å². The van der Waals surface area contributed by atoms with Crippen molar-refractivity contribution in [1.29, 1.82) is 0 Å². The molecule has 0 spiro atoms. The predicted molar refractivity (Wildman–Crippen MR) is 154 cm³/mol. The molecule has 1 aromatic rings. The van der Waals surface area contributed by atoms with Gasteiger partial charge in [0.15, 0.2) is 6.10 Å². The molecule has 2 bridgehead atoms. The molecule has 0 heterocycles. The molecule has 4 atom stereocenters. The number of benzene rings is 1. The minimum Gasteiger partial charge on any atom is -0.460 e. The van der Waals surface area contributed by atoms with Crippen molar-refractivity contribution in [3.05, 3.63) is 35.9 Å². The summed E-state index contributed by atoms with van der Waals surface area (Å²) in [6.07, 6.45) is 11.8. The fourth-order valence-electron chi connectivity index (χ4n) is 8.77. The van der Waals surface area contributed by atoms with Gasteiger partial charge in [-0.3, -0.25) is 0 Å². The lowest BCUT2D eigenvalue weighted by molar-refractivity contribution is -0.169. The Morgan fingerprint density at radius 1 is 0.923 bits per heavy atom. The molecule has 0 radical (unpaired) electrons. The van der Waals surface area contributed by atoms with Crippen molar-refractivity contribution in [3.63, 3.8) is 0 Å². The van der Waals surface area contributed by atoms with Gasteiger partial charge in [0.25, 0.3) is 0 Å². The van der Waals surface area contributed by atoms with E-state index in [-0.39, 0.29) is 28.7 Å². The molecule has 5 rings (SSSR count). The van der Waals surface area contributed by atoms with Crippen LogP contribution in [-0.2, 0) is 24.3 Å². The van der Waals surface area contributed by atoms with Crippen LogP contribution in [0, 0.1) is 16.2 Å². The summed E-state index contributed by atoms with van der Waals surface area (Å²) in [6, 6.07) is 9.63. The summed E-state index contributed by atoms with van der Waals surface area (Å²) < 4.78 is 43.2. The normalized spacial score (nSPS) is 32.4. The highest BCUT2D eigenvalue weighted by Gasteiger charge is 2.72. The lowest BCUT2D eigenvalue weighted by atomic mass is 9.65. The van der Waals surface area contributed by atoms with Crippen LogP contribution < -0.4 is 0 Å². The first-order chi connectivity index (χ1) is 18.5. The van der Waals surface area contributed by atoms with Gasteiger partial charge in [0, 0.05) is 24.6 Å². The lowest BCUT2D eigenvalue weighted by Crippen LogP contribution is -2.55. The van der Waals surface area contributed by atoms with E-state index < -0.39 is 33.6 Å². The molecule has 4 saturated carbocycles. The molecule has 0 N–H and O–H groups in total. The maximum atomic E-state index is 14.7. The molecule has 218 valence electrons. The second-order valence-electron chi connectivity index (χ2n) is 13.7. The van der Waals surface area contributed by atoms with Gasteiger partial charge in [0.05, 0.1) is 5.75 Å². The fraction of sp³-hybridized carbons (Fsp3) is 0.781. The Labute approximate surface area is 236 Å². The molecule has 6 nitrogen and oxygen atoms in total. The third kappa shape index (κ3) is 5.10. The summed E-state index contributed by atoms with van der Waals surface area (Å²) >= 11 is 0. The number of carbonyl (C=O) groups excluding carboxylic acids is 1. The third-order valence-electron chi connectivity index (χ3n) is 11.6. The molecule has 0 aliphatic heterocycles. The summed E-state index contributed by atoms with van der Waals surface area (Å²) in [4.78, 5) is 13.6. The molecule has 4 fully saturated rings. The number of ether oxygens (including phenoxy) is 2. The van der Waals surface area contributed by atoms with E-state index in [4.69, 9.17) is 9.47 Å². The van der Waals surface area contributed by atoms with Crippen LogP contribution in [-0.4, -0.2) is 49.7 Å². The van der Waals surface area contributed by atoms with E-state index in [0.717, 1.165) is 69.8 Å². The van der Waals surface area contributed by atoms with Crippen molar-refractivity contribution >= 4 is 16.0 Å². The standard InChI is InChI=1S/C32H49NO5S/c1-30(2)31(3)20-21-32(30,27(22-31)38-29(34)28(37-4)24-14-8-5-9-15-24)23-39(35,36)33(25-16-10-6-11-17-25)26-18-12-7-13-19-26/h5,8-9,14-15,25-28H,6-7,10-13,16-23H2,1-4H3/t27-,28-,31-,32-/m1/s1. The van der Waals surface area contributed by atoms with Crippen molar-refractivity contribution < 1.29 is 22.7 Å². The van der Waals surface area contributed by atoms with E-state index in [2.05, 4.69) is 20.8 Å². The Morgan fingerprint density at radius 3 is 2.00 bits per heavy atom. The van der Waals surface area contributed by atoms with Gasteiger partial charge in [-0.15, -0.1) is 0 Å². The minimum absolute atomic E-state index is 0.0660. The Kier molecular flexibility index (Phi) is 8.27. The molecule has 0 saturated heterocycles. The van der Waals surface area contributed by atoms with Gasteiger partial charge in [-0.25, -0.2) is 13.2 Å². The molecular weight excluding hydrogens is 510 g/mol. The summed E-state index contributed by atoms with van der Waals surface area (Å²) in [5.74, 6) is -0.356. The van der Waals surface area contributed by atoms with Gasteiger partial charge in [0.1, 0.15) is 6.10 Å². The fourth-order valence-corrected chi connectivity index (χ4v) is 11.6. The molecular formula is C32H49NO5S. The van der Waals surface area contributed by atoms with Crippen LogP contribution in [0.5, 0.6) is 0 Å². The van der Waals surface area contributed by atoms with Gasteiger partial charge in [-0.1, -0.05) is 89.6 Å². The first-order valence-corrected chi connectivity index (χ1v) is 17.0.